The van der Waals surface area contributed by atoms with Gasteiger partial charge in [0, 0.05) is 25.2 Å². The average Bonchev–Trinajstić information content (AvgIpc) is 2.86. The number of likely N-dealkylation sites (tertiary alicyclic amines) is 1. The molecule has 0 aromatic heterocycles. The standard InChI is InChI=1S/C13H24N2O2/c1-3-12(13(16)17-2)6-7-14-8-11-15-9-4-5-10-15/h6,14H,3-5,7-11H2,1-2H3. The van der Waals surface area contributed by atoms with Gasteiger partial charge in [0.1, 0.15) is 0 Å². The molecule has 1 fully saturated rings. The largest absolute Gasteiger partial charge is 0.466 e. The Balaban J connectivity index is 2.12. The fraction of sp³-hybridized carbons (Fsp3) is 0.769. The molecule has 0 atom stereocenters. The quantitative estimate of drug-likeness (QED) is 0.412. The van der Waals surface area contributed by atoms with Gasteiger partial charge in [-0.05, 0) is 32.4 Å². The van der Waals surface area contributed by atoms with E-state index in [0.29, 0.717) is 0 Å². The van der Waals surface area contributed by atoms with Gasteiger partial charge < -0.3 is 15.0 Å². The Hall–Kier alpha value is -0.870. The average molecular weight is 240 g/mol. The maximum atomic E-state index is 11.3. The molecule has 17 heavy (non-hydrogen) atoms. The smallest absolute Gasteiger partial charge is 0.333 e. The van der Waals surface area contributed by atoms with Gasteiger partial charge in [-0.15, -0.1) is 0 Å². The van der Waals surface area contributed by atoms with Crippen molar-refractivity contribution in [1.82, 2.24) is 10.2 Å². The second-order valence-electron chi connectivity index (χ2n) is 4.33. The summed E-state index contributed by atoms with van der Waals surface area (Å²) in [5.41, 5.74) is 0.751. The third kappa shape index (κ3) is 5.33. The predicted molar refractivity (Wildman–Crippen MR) is 68.9 cm³/mol. The molecule has 4 nitrogen and oxygen atoms in total. The molecule has 0 bridgehead atoms. The Labute approximate surface area is 104 Å². The number of methoxy groups -OCH3 is 1. The minimum Gasteiger partial charge on any atom is -0.466 e. The summed E-state index contributed by atoms with van der Waals surface area (Å²) in [5.74, 6) is -0.214. The van der Waals surface area contributed by atoms with Gasteiger partial charge in [0.15, 0.2) is 0 Å². The zero-order valence-corrected chi connectivity index (χ0v) is 11.0. The van der Waals surface area contributed by atoms with Crippen molar-refractivity contribution < 1.29 is 9.53 Å². The van der Waals surface area contributed by atoms with Gasteiger partial charge in [-0.2, -0.15) is 0 Å². The van der Waals surface area contributed by atoms with E-state index >= 15 is 0 Å². The van der Waals surface area contributed by atoms with E-state index in [4.69, 9.17) is 4.74 Å². The summed E-state index contributed by atoms with van der Waals surface area (Å²) in [5, 5.41) is 3.33. The van der Waals surface area contributed by atoms with E-state index in [0.717, 1.165) is 31.6 Å². The summed E-state index contributed by atoms with van der Waals surface area (Å²) in [6, 6.07) is 0. The minimum absolute atomic E-state index is 0.214. The molecule has 0 saturated carbocycles. The van der Waals surface area contributed by atoms with Crippen molar-refractivity contribution in [2.24, 2.45) is 0 Å². The van der Waals surface area contributed by atoms with Crippen molar-refractivity contribution in [3.8, 4) is 0 Å². The van der Waals surface area contributed by atoms with E-state index in [2.05, 4.69) is 10.2 Å². The van der Waals surface area contributed by atoms with Crippen LogP contribution in [0.5, 0.6) is 0 Å². The number of carbonyl (C=O) groups excluding carboxylic acids is 1. The molecular formula is C13H24N2O2. The highest BCUT2D eigenvalue weighted by Gasteiger charge is 2.10. The highest BCUT2D eigenvalue weighted by Crippen LogP contribution is 2.05. The lowest BCUT2D eigenvalue weighted by molar-refractivity contribution is -0.136. The molecule has 98 valence electrons. The number of nitrogens with zero attached hydrogens (tertiary/aromatic N) is 1. The lowest BCUT2D eigenvalue weighted by Gasteiger charge is -2.14. The van der Waals surface area contributed by atoms with Crippen molar-refractivity contribution in [3.05, 3.63) is 11.6 Å². The Kier molecular flexibility index (Phi) is 6.89. The van der Waals surface area contributed by atoms with Crippen LogP contribution < -0.4 is 5.32 Å². The van der Waals surface area contributed by atoms with E-state index in [9.17, 15) is 4.79 Å². The molecule has 1 aliphatic heterocycles. The highest BCUT2D eigenvalue weighted by atomic mass is 16.5. The normalized spacial score (nSPS) is 17.4. The van der Waals surface area contributed by atoms with Gasteiger partial charge in [0.25, 0.3) is 0 Å². The van der Waals surface area contributed by atoms with Crippen molar-refractivity contribution in [1.29, 1.82) is 0 Å². The van der Waals surface area contributed by atoms with Crippen molar-refractivity contribution in [3.63, 3.8) is 0 Å². The van der Waals surface area contributed by atoms with E-state index in [1.165, 1.54) is 33.0 Å². The molecule has 1 N–H and O–H groups in total. The molecule has 1 aliphatic rings. The lowest BCUT2D eigenvalue weighted by Crippen LogP contribution is -2.30. The Morgan fingerprint density at radius 1 is 1.41 bits per heavy atom. The molecule has 0 aromatic rings. The van der Waals surface area contributed by atoms with Gasteiger partial charge in [-0.25, -0.2) is 4.79 Å². The molecule has 4 heteroatoms. The second kappa shape index (κ2) is 8.25. The third-order valence-electron chi connectivity index (χ3n) is 3.12. The van der Waals surface area contributed by atoms with E-state index in [-0.39, 0.29) is 5.97 Å². The molecule has 0 aliphatic carbocycles. The molecule has 0 spiro atoms. The van der Waals surface area contributed by atoms with E-state index < -0.39 is 0 Å². The van der Waals surface area contributed by atoms with Gasteiger partial charge in [-0.1, -0.05) is 13.0 Å². The first-order valence-corrected chi connectivity index (χ1v) is 6.48. The molecule has 0 amide bonds. The molecule has 0 radical (unpaired) electrons. The number of rotatable bonds is 7. The Bertz CT molecular complexity index is 258. The van der Waals surface area contributed by atoms with Gasteiger partial charge >= 0.3 is 5.97 Å². The summed E-state index contributed by atoms with van der Waals surface area (Å²) in [4.78, 5) is 13.8. The number of hydrogen-bond donors (Lipinski definition) is 1. The van der Waals surface area contributed by atoms with Crippen LogP contribution in [0, 0.1) is 0 Å². The van der Waals surface area contributed by atoms with Gasteiger partial charge in [0.05, 0.1) is 7.11 Å². The van der Waals surface area contributed by atoms with E-state index in [1.807, 2.05) is 13.0 Å². The van der Waals surface area contributed by atoms with Crippen LogP contribution in [0.4, 0.5) is 0 Å². The molecule has 0 aromatic carbocycles. The summed E-state index contributed by atoms with van der Waals surface area (Å²) in [6.07, 6.45) is 5.32. The van der Waals surface area contributed by atoms with E-state index in [1.54, 1.807) is 0 Å². The SMILES string of the molecule is CCC(=CCNCCN1CCCC1)C(=O)OC. The van der Waals surface area contributed by atoms with Crippen LogP contribution in [0.3, 0.4) is 0 Å². The maximum absolute atomic E-state index is 11.3. The van der Waals surface area contributed by atoms with Crippen LogP contribution in [-0.2, 0) is 9.53 Å². The monoisotopic (exact) mass is 240 g/mol. The van der Waals surface area contributed by atoms with Crippen LogP contribution in [0.2, 0.25) is 0 Å². The number of hydrogen-bond acceptors (Lipinski definition) is 4. The molecule has 1 heterocycles. The zero-order chi connectivity index (χ0) is 12.5. The van der Waals surface area contributed by atoms with Crippen LogP contribution in [0.15, 0.2) is 11.6 Å². The molecule has 1 saturated heterocycles. The predicted octanol–water partition coefficient (Wildman–Crippen LogP) is 1.18. The first-order valence-electron chi connectivity index (χ1n) is 6.48. The zero-order valence-electron chi connectivity index (χ0n) is 11.0. The second-order valence-corrected chi connectivity index (χ2v) is 4.33. The van der Waals surface area contributed by atoms with Crippen LogP contribution in [0.25, 0.3) is 0 Å². The first-order chi connectivity index (χ1) is 8.27. The van der Waals surface area contributed by atoms with Gasteiger partial charge in [0.2, 0.25) is 0 Å². The number of carbonyl (C=O) groups is 1. The fourth-order valence-corrected chi connectivity index (χ4v) is 2.04. The van der Waals surface area contributed by atoms with Crippen LogP contribution in [-0.4, -0.2) is 50.7 Å². The van der Waals surface area contributed by atoms with Crippen LogP contribution >= 0.6 is 0 Å². The van der Waals surface area contributed by atoms with Crippen LogP contribution in [0.1, 0.15) is 26.2 Å². The summed E-state index contributed by atoms with van der Waals surface area (Å²) < 4.78 is 4.70. The molecule has 0 unspecified atom stereocenters. The summed E-state index contributed by atoms with van der Waals surface area (Å²) in [7, 11) is 1.42. The Morgan fingerprint density at radius 2 is 2.12 bits per heavy atom. The van der Waals surface area contributed by atoms with Crippen molar-refractivity contribution in [2.45, 2.75) is 26.2 Å². The topological polar surface area (TPSA) is 41.6 Å². The van der Waals surface area contributed by atoms with Crippen molar-refractivity contribution >= 4 is 5.97 Å². The highest BCUT2D eigenvalue weighted by molar-refractivity contribution is 5.88. The minimum atomic E-state index is -0.214. The molecule has 1 rings (SSSR count). The maximum Gasteiger partial charge on any atom is 0.333 e. The Morgan fingerprint density at radius 3 is 2.71 bits per heavy atom. The first kappa shape index (κ1) is 14.2. The third-order valence-corrected chi connectivity index (χ3v) is 3.12. The van der Waals surface area contributed by atoms with Gasteiger partial charge in [-0.3, -0.25) is 0 Å². The summed E-state index contributed by atoms with van der Waals surface area (Å²) >= 11 is 0. The number of esters is 1. The fourth-order valence-electron chi connectivity index (χ4n) is 2.04. The lowest BCUT2D eigenvalue weighted by atomic mass is 10.2. The number of ether oxygens (including phenoxy) is 1. The summed E-state index contributed by atoms with van der Waals surface area (Å²) in [6.45, 7) is 7.26. The molecular weight excluding hydrogens is 216 g/mol. The van der Waals surface area contributed by atoms with Crippen molar-refractivity contribution in [2.75, 3.05) is 39.8 Å². The number of nitrogens with one attached hydrogen (secondary N) is 1.